The first kappa shape index (κ1) is 17.3. The predicted molar refractivity (Wildman–Crippen MR) is 80.9 cm³/mol. The highest BCUT2D eigenvalue weighted by Crippen LogP contribution is 2.29. The van der Waals surface area contributed by atoms with Gasteiger partial charge in [-0.05, 0) is 19.1 Å². The molecule has 0 radical (unpaired) electrons. The summed E-state index contributed by atoms with van der Waals surface area (Å²) >= 11 is 0. The van der Waals surface area contributed by atoms with E-state index in [2.05, 4.69) is 10.5 Å². The van der Waals surface area contributed by atoms with E-state index in [4.69, 9.17) is 9.57 Å². The summed E-state index contributed by atoms with van der Waals surface area (Å²) in [5.41, 5.74) is -2.64. The molecule has 3 rings (SSSR count). The number of nitrogens with zero attached hydrogens (tertiary/aromatic N) is 1. The van der Waals surface area contributed by atoms with Crippen LogP contribution in [0.1, 0.15) is 25.3 Å². The number of hydrogen-bond acceptors (Lipinski definition) is 5. The first-order valence-electron chi connectivity index (χ1n) is 7.59. The topological polar surface area (TPSA) is 97.2 Å². The summed E-state index contributed by atoms with van der Waals surface area (Å²) in [6.07, 6.45) is 0.0747. The molecule has 1 amide bonds. The van der Waals surface area contributed by atoms with Gasteiger partial charge in [-0.1, -0.05) is 5.16 Å². The van der Waals surface area contributed by atoms with E-state index in [9.17, 15) is 23.5 Å². The van der Waals surface area contributed by atoms with Crippen molar-refractivity contribution in [2.24, 2.45) is 5.16 Å². The molecular formula is C16H16F2N2O5. The summed E-state index contributed by atoms with van der Waals surface area (Å²) in [5.74, 6) is -3.43. The molecule has 2 unspecified atom stereocenters. The van der Waals surface area contributed by atoms with E-state index in [1.54, 1.807) is 0 Å². The zero-order valence-corrected chi connectivity index (χ0v) is 13.3. The fourth-order valence-electron chi connectivity index (χ4n) is 2.77. The Morgan fingerprint density at radius 1 is 1.28 bits per heavy atom. The summed E-state index contributed by atoms with van der Waals surface area (Å²) in [7, 11) is 0. The fourth-order valence-corrected chi connectivity index (χ4v) is 2.77. The highest BCUT2D eigenvalue weighted by molar-refractivity contribution is 6.05. The van der Waals surface area contributed by atoms with Gasteiger partial charge in [0.2, 0.25) is 5.60 Å². The number of carboxylic acids is 1. The lowest BCUT2D eigenvalue weighted by Gasteiger charge is -2.28. The Balaban J connectivity index is 1.75. The van der Waals surface area contributed by atoms with Gasteiger partial charge in [-0.3, -0.25) is 4.79 Å². The van der Waals surface area contributed by atoms with Crippen molar-refractivity contribution in [3.63, 3.8) is 0 Å². The molecule has 2 aliphatic heterocycles. The maximum atomic E-state index is 13.3. The number of rotatable bonds is 4. The Morgan fingerprint density at radius 2 is 1.96 bits per heavy atom. The van der Waals surface area contributed by atoms with Crippen molar-refractivity contribution in [3.05, 3.63) is 35.4 Å². The third-order valence-corrected chi connectivity index (χ3v) is 4.32. The van der Waals surface area contributed by atoms with Gasteiger partial charge in [0.05, 0.1) is 12.3 Å². The normalized spacial score (nSPS) is 28.4. The van der Waals surface area contributed by atoms with Crippen molar-refractivity contribution in [1.29, 1.82) is 0 Å². The lowest BCUT2D eigenvalue weighted by molar-refractivity contribution is -0.153. The van der Waals surface area contributed by atoms with Crippen LogP contribution in [0.3, 0.4) is 0 Å². The maximum Gasteiger partial charge on any atom is 0.331 e. The minimum absolute atomic E-state index is 0.0573. The van der Waals surface area contributed by atoms with Gasteiger partial charge < -0.3 is 20.0 Å². The average molecular weight is 354 g/mol. The Bertz CT molecular complexity index is 741. The molecule has 0 spiro atoms. The van der Waals surface area contributed by atoms with Crippen molar-refractivity contribution in [1.82, 2.24) is 5.32 Å². The highest BCUT2D eigenvalue weighted by atomic mass is 19.1. The third-order valence-electron chi connectivity index (χ3n) is 4.32. The summed E-state index contributed by atoms with van der Waals surface area (Å²) in [4.78, 5) is 29.2. The van der Waals surface area contributed by atoms with E-state index in [-0.39, 0.29) is 37.3 Å². The number of carbonyl (C=O) groups excluding carboxylic acids is 1. The Hall–Kier alpha value is -2.55. The van der Waals surface area contributed by atoms with Crippen molar-refractivity contribution in [3.8, 4) is 0 Å². The predicted octanol–water partition coefficient (Wildman–Crippen LogP) is 1.21. The zero-order valence-electron chi connectivity index (χ0n) is 13.3. The molecule has 2 N–H and O–H groups in total. The van der Waals surface area contributed by atoms with Crippen LogP contribution in [0.5, 0.6) is 0 Å². The molecule has 2 heterocycles. The summed E-state index contributed by atoms with van der Waals surface area (Å²) in [6.45, 7) is 1.50. The van der Waals surface area contributed by atoms with Crippen LogP contribution in [0.15, 0.2) is 23.4 Å². The van der Waals surface area contributed by atoms with E-state index in [0.29, 0.717) is 0 Å². The second-order valence-electron chi connectivity index (χ2n) is 6.34. The van der Waals surface area contributed by atoms with Crippen LogP contribution in [-0.4, -0.2) is 47.0 Å². The van der Waals surface area contributed by atoms with Crippen molar-refractivity contribution >= 4 is 17.6 Å². The monoisotopic (exact) mass is 354 g/mol. The number of benzene rings is 1. The number of carbonyl (C=O) groups is 2. The number of nitrogens with one attached hydrogen (secondary N) is 1. The minimum Gasteiger partial charge on any atom is -0.479 e. The van der Waals surface area contributed by atoms with Crippen LogP contribution >= 0.6 is 0 Å². The quantitative estimate of drug-likeness (QED) is 0.847. The number of hydrogen-bond donors (Lipinski definition) is 2. The van der Waals surface area contributed by atoms with Crippen LogP contribution in [0, 0.1) is 11.6 Å². The molecule has 25 heavy (non-hydrogen) atoms. The van der Waals surface area contributed by atoms with Gasteiger partial charge in [0.15, 0.2) is 5.54 Å². The van der Waals surface area contributed by atoms with Gasteiger partial charge in [0, 0.05) is 31.1 Å². The molecule has 0 bridgehead atoms. The first-order valence-corrected chi connectivity index (χ1v) is 7.59. The molecule has 0 aliphatic carbocycles. The van der Waals surface area contributed by atoms with E-state index in [1.807, 2.05) is 0 Å². The van der Waals surface area contributed by atoms with Crippen LogP contribution in [0.2, 0.25) is 0 Å². The molecule has 1 aromatic rings. The van der Waals surface area contributed by atoms with Gasteiger partial charge in [-0.25, -0.2) is 13.6 Å². The molecule has 0 saturated carbocycles. The average Bonchev–Trinajstić information content (AvgIpc) is 3.15. The number of halogens is 2. The molecule has 9 heteroatoms. The van der Waals surface area contributed by atoms with Crippen LogP contribution in [0.4, 0.5) is 8.78 Å². The molecule has 1 aromatic carbocycles. The molecule has 2 atom stereocenters. The zero-order chi connectivity index (χ0) is 18.2. The van der Waals surface area contributed by atoms with E-state index in [1.165, 1.54) is 6.92 Å². The van der Waals surface area contributed by atoms with Crippen LogP contribution < -0.4 is 5.32 Å². The SMILES string of the molecule is CC1(C(=O)NC2(C(=O)O)CCOC2)CC(c2cc(F)cc(F)c2)=NO1. The van der Waals surface area contributed by atoms with Gasteiger partial charge >= 0.3 is 5.97 Å². The molecule has 134 valence electrons. The van der Waals surface area contributed by atoms with E-state index < -0.39 is 34.7 Å². The third kappa shape index (κ3) is 3.19. The van der Waals surface area contributed by atoms with Crippen LogP contribution in [-0.2, 0) is 19.2 Å². The number of carboxylic acid groups (broad SMARTS) is 1. The standard InChI is InChI=1S/C16H16F2N2O5/c1-15(13(21)19-16(14(22)23)2-3-24-8-16)7-12(20-25-15)9-4-10(17)6-11(18)5-9/h4-6H,2-3,7-8H2,1H3,(H,19,21)(H,22,23). The second kappa shape index (κ2) is 6.07. The molecular weight excluding hydrogens is 338 g/mol. The summed E-state index contributed by atoms with van der Waals surface area (Å²) in [6, 6.07) is 2.89. The first-order chi connectivity index (χ1) is 11.7. The maximum absolute atomic E-state index is 13.3. The van der Waals surface area contributed by atoms with Crippen LogP contribution in [0.25, 0.3) is 0 Å². The number of amides is 1. The largest absolute Gasteiger partial charge is 0.479 e. The molecule has 0 aromatic heterocycles. The Morgan fingerprint density at radius 3 is 2.52 bits per heavy atom. The van der Waals surface area contributed by atoms with E-state index in [0.717, 1.165) is 18.2 Å². The van der Waals surface area contributed by atoms with Crippen molar-refractivity contribution in [2.75, 3.05) is 13.2 Å². The lowest BCUT2D eigenvalue weighted by Crippen LogP contribution is -2.60. The number of oxime groups is 1. The Kier molecular flexibility index (Phi) is 4.19. The van der Waals surface area contributed by atoms with Gasteiger partial charge in [0.25, 0.3) is 5.91 Å². The lowest BCUT2D eigenvalue weighted by atomic mass is 9.92. The van der Waals surface area contributed by atoms with Gasteiger partial charge in [-0.2, -0.15) is 0 Å². The molecule has 2 aliphatic rings. The summed E-state index contributed by atoms with van der Waals surface area (Å²) < 4.78 is 31.8. The highest BCUT2D eigenvalue weighted by Gasteiger charge is 2.50. The number of aliphatic carboxylic acids is 1. The fraction of sp³-hybridized carbons (Fsp3) is 0.438. The molecule has 1 fully saturated rings. The van der Waals surface area contributed by atoms with Crippen molar-refractivity contribution < 1.29 is 33.1 Å². The van der Waals surface area contributed by atoms with Gasteiger partial charge in [-0.15, -0.1) is 0 Å². The minimum atomic E-state index is -1.52. The molecule has 1 saturated heterocycles. The van der Waals surface area contributed by atoms with Crippen molar-refractivity contribution in [2.45, 2.75) is 30.9 Å². The van der Waals surface area contributed by atoms with Gasteiger partial charge in [0.1, 0.15) is 11.6 Å². The summed E-state index contributed by atoms with van der Waals surface area (Å²) in [5, 5.41) is 15.6. The number of ether oxygens (including phenoxy) is 1. The molecule has 7 nitrogen and oxygen atoms in total. The van der Waals surface area contributed by atoms with E-state index >= 15 is 0 Å². The smallest absolute Gasteiger partial charge is 0.331 e. The Labute approximate surface area is 141 Å². The second-order valence-corrected chi connectivity index (χ2v) is 6.34.